The second-order valence-electron chi connectivity index (χ2n) is 4.39. The molecule has 0 aliphatic carbocycles. The molecule has 1 atom stereocenters. The topological polar surface area (TPSA) is 65.1 Å². The molecule has 0 aliphatic heterocycles. The van der Waals surface area contributed by atoms with Gasteiger partial charge in [-0.15, -0.1) is 0 Å². The zero-order valence-corrected chi connectivity index (χ0v) is 10.6. The predicted molar refractivity (Wildman–Crippen MR) is 68.0 cm³/mol. The van der Waals surface area contributed by atoms with Gasteiger partial charge in [-0.05, 0) is 31.7 Å². The molecule has 1 aromatic rings. The number of aliphatic hydroxyl groups is 1. The number of nitrogens with one attached hydrogen (secondary N) is 2. The first kappa shape index (κ1) is 13.8. The highest BCUT2D eigenvalue weighted by atomic mass is 16.3. The molecule has 0 fully saturated rings. The van der Waals surface area contributed by atoms with Gasteiger partial charge >= 0.3 is 0 Å². The number of hydrogen-bond donors (Lipinski definition) is 3. The number of aliphatic hydroxyl groups excluding tert-OH is 1. The van der Waals surface area contributed by atoms with Crippen LogP contribution in [0.5, 0.6) is 0 Å². The van der Waals surface area contributed by atoms with Crippen molar-refractivity contribution in [3.05, 3.63) is 23.5 Å². The lowest BCUT2D eigenvalue weighted by Gasteiger charge is -2.15. The molecule has 0 spiro atoms. The van der Waals surface area contributed by atoms with Gasteiger partial charge in [0, 0.05) is 25.0 Å². The van der Waals surface area contributed by atoms with Crippen LogP contribution in [0.25, 0.3) is 0 Å². The molecular formula is C13H22N2O2. The summed E-state index contributed by atoms with van der Waals surface area (Å²) in [6, 6.07) is 1.78. The van der Waals surface area contributed by atoms with Gasteiger partial charge in [0.1, 0.15) is 0 Å². The quantitative estimate of drug-likeness (QED) is 0.678. The van der Waals surface area contributed by atoms with Gasteiger partial charge in [0.05, 0.1) is 5.56 Å². The first-order valence-corrected chi connectivity index (χ1v) is 6.22. The Labute approximate surface area is 102 Å². The van der Waals surface area contributed by atoms with Gasteiger partial charge in [-0.2, -0.15) is 0 Å². The molecule has 0 bridgehead atoms. The van der Waals surface area contributed by atoms with Crippen LogP contribution in [0.3, 0.4) is 0 Å². The lowest BCUT2D eigenvalue weighted by molar-refractivity contribution is 0.0942. The monoisotopic (exact) mass is 238 g/mol. The molecule has 0 aliphatic rings. The Kier molecular flexibility index (Phi) is 5.77. The van der Waals surface area contributed by atoms with E-state index in [0.29, 0.717) is 18.0 Å². The van der Waals surface area contributed by atoms with Crippen molar-refractivity contribution in [1.82, 2.24) is 10.3 Å². The van der Waals surface area contributed by atoms with E-state index in [4.69, 9.17) is 5.11 Å². The molecule has 1 amide bonds. The minimum absolute atomic E-state index is 0.0391. The lowest BCUT2D eigenvalue weighted by atomic mass is 10.00. The maximum Gasteiger partial charge on any atom is 0.253 e. The molecule has 0 saturated heterocycles. The zero-order valence-electron chi connectivity index (χ0n) is 10.6. The van der Waals surface area contributed by atoms with Gasteiger partial charge in [-0.3, -0.25) is 4.79 Å². The van der Waals surface area contributed by atoms with Crippen molar-refractivity contribution in [2.45, 2.75) is 33.1 Å². The third kappa shape index (κ3) is 4.23. The van der Waals surface area contributed by atoms with Crippen LogP contribution >= 0.6 is 0 Å². The first-order valence-electron chi connectivity index (χ1n) is 6.22. The molecule has 96 valence electrons. The predicted octanol–water partition coefficient (Wildman–Crippen LogP) is 1.85. The Morgan fingerprint density at radius 1 is 1.53 bits per heavy atom. The minimum atomic E-state index is -0.0391. The van der Waals surface area contributed by atoms with E-state index in [9.17, 15) is 4.79 Å². The Morgan fingerprint density at radius 2 is 2.29 bits per heavy atom. The summed E-state index contributed by atoms with van der Waals surface area (Å²) in [5.41, 5.74) is 1.58. The Hall–Kier alpha value is -1.29. The maximum absolute atomic E-state index is 11.8. The molecule has 3 N–H and O–H groups in total. The van der Waals surface area contributed by atoms with Gasteiger partial charge in [-0.1, -0.05) is 13.3 Å². The molecule has 4 heteroatoms. The number of aromatic nitrogens is 1. The van der Waals surface area contributed by atoms with E-state index >= 15 is 0 Å². The average Bonchev–Trinajstić information content (AvgIpc) is 2.72. The summed E-state index contributed by atoms with van der Waals surface area (Å²) in [7, 11) is 0. The zero-order chi connectivity index (χ0) is 12.7. The number of hydrogen-bond acceptors (Lipinski definition) is 2. The van der Waals surface area contributed by atoms with Crippen LogP contribution in [0.4, 0.5) is 0 Å². The molecule has 0 saturated carbocycles. The van der Waals surface area contributed by atoms with Crippen LogP contribution in [-0.4, -0.2) is 29.1 Å². The van der Waals surface area contributed by atoms with E-state index in [0.717, 1.165) is 25.0 Å². The normalized spacial score (nSPS) is 12.4. The fourth-order valence-electron chi connectivity index (χ4n) is 1.97. The summed E-state index contributed by atoms with van der Waals surface area (Å²) in [6.07, 6.45) is 4.62. The second-order valence-corrected chi connectivity index (χ2v) is 4.39. The van der Waals surface area contributed by atoms with E-state index < -0.39 is 0 Å². The van der Waals surface area contributed by atoms with Crippen molar-refractivity contribution in [2.24, 2.45) is 5.92 Å². The Morgan fingerprint density at radius 3 is 2.82 bits per heavy atom. The molecule has 1 unspecified atom stereocenters. The van der Waals surface area contributed by atoms with E-state index in [1.54, 1.807) is 12.3 Å². The molecule has 0 aromatic carbocycles. The van der Waals surface area contributed by atoms with E-state index in [1.807, 2.05) is 6.92 Å². The van der Waals surface area contributed by atoms with Crippen molar-refractivity contribution in [1.29, 1.82) is 0 Å². The number of amides is 1. The van der Waals surface area contributed by atoms with Gasteiger partial charge in [0.25, 0.3) is 5.91 Å². The summed E-state index contributed by atoms with van der Waals surface area (Å²) >= 11 is 0. The molecule has 1 aromatic heterocycles. The Bertz CT molecular complexity index is 341. The van der Waals surface area contributed by atoms with Crippen LogP contribution in [-0.2, 0) is 0 Å². The highest BCUT2D eigenvalue weighted by molar-refractivity contribution is 5.95. The molecule has 1 heterocycles. The maximum atomic E-state index is 11.8. The molecule has 4 nitrogen and oxygen atoms in total. The van der Waals surface area contributed by atoms with Gasteiger partial charge in [0.2, 0.25) is 0 Å². The van der Waals surface area contributed by atoms with Gasteiger partial charge < -0.3 is 15.4 Å². The van der Waals surface area contributed by atoms with Crippen LogP contribution < -0.4 is 5.32 Å². The molecule has 1 rings (SSSR count). The van der Waals surface area contributed by atoms with Crippen LogP contribution in [0.15, 0.2) is 12.3 Å². The number of aromatic amines is 1. The van der Waals surface area contributed by atoms with Crippen molar-refractivity contribution >= 4 is 5.91 Å². The first-order chi connectivity index (χ1) is 8.19. The third-order valence-electron chi connectivity index (χ3n) is 2.98. The summed E-state index contributed by atoms with van der Waals surface area (Å²) in [5.74, 6) is 0.330. The van der Waals surface area contributed by atoms with Crippen molar-refractivity contribution in [2.75, 3.05) is 13.2 Å². The standard InChI is InChI=1S/C13H22N2O2/c1-3-4-11(6-8-16)9-15-13(17)12-5-7-14-10(12)2/h5,7,11,14,16H,3-4,6,8-9H2,1-2H3,(H,15,17). The highest BCUT2D eigenvalue weighted by Gasteiger charge is 2.12. The number of carbonyl (C=O) groups excluding carboxylic acids is 1. The summed E-state index contributed by atoms with van der Waals surface area (Å²) < 4.78 is 0. The van der Waals surface area contributed by atoms with Gasteiger partial charge in [-0.25, -0.2) is 0 Å². The number of carbonyl (C=O) groups is 1. The molecular weight excluding hydrogens is 216 g/mol. The SMILES string of the molecule is CCCC(CCO)CNC(=O)c1cc[nH]c1C. The summed E-state index contributed by atoms with van der Waals surface area (Å²) in [4.78, 5) is 14.8. The second kappa shape index (κ2) is 7.12. The summed E-state index contributed by atoms with van der Waals surface area (Å²) in [5, 5.41) is 11.9. The van der Waals surface area contributed by atoms with Crippen LogP contribution in [0.1, 0.15) is 42.2 Å². The Balaban J connectivity index is 2.43. The smallest absolute Gasteiger partial charge is 0.253 e. The third-order valence-corrected chi connectivity index (χ3v) is 2.98. The minimum Gasteiger partial charge on any atom is -0.396 e. The van der Waals surface area contributed by atoms with Crippen LogP contribution in [0, 0.1) is 12.8 Å². The lowest BCUT2D eigenvalue weighted by Crippen LogP contribution is -2.30. The van der Waals surface area contributed by atoms with Gasteiger partial charge in [0.15, 0.2) is 0 Å². The van der Waals surface area contributed by atoms with E-state index in [2.05, 4.69) is 17.2 Å². The van der Waals surface area contributed by atoms with E-state index in [1.165, 1.54) is 0 Å². The number of aryl methyl sites for hydroxylation is 1. The number of rotatable bonds is 7. The number of H-pyrrole nitrogens is 1. The van der Waals surface area contributed by atoms with Crippen molar-refractivity contribution in [3.8, 4) is 0 Å². The van der Waals surface area contributed by atoms with Crippen molar-refractivity contribution in [3.63, 3.8) is 0 Å². The molecule has 0 radical (unpaired) electrons. The van der Waals surface area contributed by atoms with E-state index in [-0.39, 0.29) is 12.5 Å². The van der Waals surface area contributed by atoms with Crippen molar-refractivity contribution < 1.29 is 9.90 Å². The summed E-state index contributed by atoms with van der Waals surface area (Å²) in [6.45, 7) is 4.82. The fraction of sp³-hybridized carbons (Fsp3) is 0.615. The molecule has 17 heavy (non-hydrogen) atoms. The fourth-order valence-corrected chi connectivity index (χ4v) is 1.97. The highest BCUT2D eigenvalue weighted by Crippen LogP contribution is 2.10. The van der Waals surface area contributed by atoms with Crippen LogP contribution in [0.2, 0.25) is 0 Å². The average molecular weight is 238 g/mol. The largest absolute Gasteiger partial charge is 0.396 e.